The van der Waals surface area contributed by atoms with Crippen molar-refractivity contribution in [2.45, 2.75) is 52.5 Å². The van der Waals surface area contributed by atoms with E-state index in [2.05, 4.69) is 30.2 Å². The number of amides is 1. The van der Waals surface area contributed by atoms with Gasteiger partial charge in [-0.15, -0.1) is 0 Å². The Morgan fingerprint density at radius 3 is 2.38 bits per heavy atom. The molecular formula is C21H30N6O2. The summed E-state index contributed by atoms with van der Waals surface area (Å²) in [6, 6.07) is 0. The zero-order valence-corrected chi connectivity index (χ0v) is 17.4. The first-order valence-electron chi connectivity index (χ1n) is 10.6. The Kier molecular flexibility index (Phi) is 5.97. The van der Waals surface area contributed by atoms with Crippen LogP contribution in [0.2, 0.25) is 0 Å². The van der Waals surface area contributed by atoms with Crippen LogP contribution >= 0.6 is 0 Å². The smallest absolute Gasteiger partial charge is 0.225 e. The third-order valence-electron chi connectivity index (χ3n) is 6.11. The second-order valence-electron chi connectivity index (χ2n) is 8.07. The summed E-state index contributed by atoms with van der Waals surface area (Å²) in [6.45, 7) is 8.03. The minimum Gasteiger partial charge on any atom is -0.369 e. The number of aryl methyl sites for hydroxylation is 2. The topological polar surface area (TPSA) is 87.4 Å². The van der Waals surface area contributed by atoms with Crippen molar-refractivity contribution in [2.75, 3.05) is 36.0 Å². The molecule has 1 N–H and O–H groups in total. The molecule has 2 aromatic heterocycles. The molecular weight excluding hydrogens is 368 g/mol. The van der Waals surface area contributed by atoms with Gasteiger partial charge in [-0.2, -0.15) is 0 Å². The van der Waals surface area contributed by atoms with E-state index < -0.39 is 0 Å². The lowest BCUT2D eigenvalue weighted by Crippen LogP contribution is -2.40. The number of carbonyl (C=O) groups is 1. The van der Waals surface area contributed by atoms with Gasteiger partial charge in [-0.1, -0.05) is 5.16 Å². The maximum atomic E-state index is 12.6. The quantitative estimate of drug-likeness (QED) is 0.828. The van der Waals surface area contributed by atoms with Crippen molar-refractivity contribution in [3.8, 4) is 0 Å². The van der Waals surface area contributed by atoms with Gasteiger partial charge in [-0.05, 0) is 46.0 Å². The summed E-state index contributed by atoms with van der Waals surface area (Å²) in [6.07, 6.45) is 9.26. The van der Waals surface area contributed by atoms with Gasteiger partial charge in [0.15, 0.2) is 0 Å². The number of aromatic nitrogens is 3. The molecule has 4 heterocycles. The molecule has 8 nitrogen and oxygen atoms in total. The van der Waals surface area contributed by atoms with Crippen molar-refractivity contribution >= 4 is 17.5 Å². The molecule has 0 atom stereocenters. The highest BCUT2D eigenvalue weighted by Crippen LogP contribution is 2.24. The fourth-order valence-electron chi connectivity index (χ4n) is 4.21. The number of rotatable bonds is 5. The minimum absolute atomic E-state index is 0.0419. The van der Waals surface area contributed by atoms with E-state index in [0.717, 1.165) is 67.7 Å². The van der Waals surface area contributed by atoms with Crippen LogP contribution in [0, 0.1) is 19.8 Å². The Hall–Kier alpha value is -2.64. The van der Waals surface area contributed by atoms with Crippen LogP contribution in [0.5, 0.6) is 0 Å². The highest BCUT2D eigenvalue weighted by Gasteiger charge is 2.26. The predicted molar refractivity (Wildman–Crippen MR) is 111 cm³/mol. The number of nitrogens with one attached hydrogen (secondary N) is 1. The van der Waals surface area contributed by atoms with Crippen LogP contribution in [-0.2, 0) is 11.3 Å². The lowest BCUT2D eigenvalue weighted by Gasteiger charge is -2.33. The molecule has 8 heteroatoms. The fourth-order valence-corrected chi connectivity index (χ4v) is 4.21. The molecule has 156 valence electrons. The van der Waals surface area contributed by atoms with Crippen LogP contribution < -0.4 is 15.1 Å². The highest BCUT2D eigenvalue weighted by atomic mass is 16.5. The van der Waals surface area contributed by atoms with E-state index in [4.69, 9.17) is 4.52 Å². The molecule has 2 fully saturated rings. The van der Waals surface area contributed by atoms with Gasteiger partial charge in [-0.25, -0.2) is 9.97 Å². The Morgan fingerprint density at radius 1 is 1.07 bits per heavy atom. The summed E-state index contributed by atoms with van der Waals surface area (Å²) in [5.74, 6) is 1.76. The van der Waals surface area contributed by atoms with E-state index in [1.807, 2.05) is 26.2 Å². The summed E-state index contributed by atoms with van der Waals surface area (Å²) in [5.41, 5.74) is 2.85. The summed E-state index contributed by atoms with van der Waals surface area (Å²) in [5, 5.41) is 6.99. The minimum atomic E-state index is 0.0419. The molecule has 0 saturated carbocycles. The molecule has 2 aliphatic heterocycles. The van der Waals surface area contributed by atoms with E-state index >= 15 is 0 Å². The van der Waals surface area contributed by atoms with Crippen molar-refractivity contribution < 1.29 is 9.32 Å². The molecule has 0 radical (unpaired) electrons. The molecule has 0 unspecified atom stereocenters. The average Bonchev–Trinajstić information content (AvgIpc) is 3.10. The summed E-state index contributed by atoms with van der Waals surface area (Å²) in [4.78, 5) is 26.3. The maximum Gasteiger partial charge on any atom is 0.225 e. The van der Waals surface area contributed by atoms with Crippen LogP contribution in [-0.4, -0.2) is 47.2 Å². The van der Waals surface area contributed by atoms with Crippen LogP contribution in [0.15, 0.2) is 16.9 Å². The van der Waals surface area contributed by atoms with Gasteiger partial charge < -0.3 is 19.6 Å². The first kappa shape index (κ1) is 19.7. The van der Waals surface area contributed by atoms with Gasteiger partial charge in [0.2, 0.25) is 11.9 Å². The molecule has 0 spiro atoms. The third kappa shape index (κ3) is 4.52. The van der Waals surface area contributed by atoms with Crippen LogP contribution in [0.1, 0.15) is 49.1 Å². The standard InChI is InChI=1S/C21H30N6O2/c1-15-19(16(2)29-25-15)14-22-20(28)17-6-10-26(11-7-17)18-12-23-21(24-13-18)27-8-4-3-5-9-27/h12-13,17H,3-11,14H2,1-2H3,(H,22,28). The molecule has 1 amide bonds. The normalized spacial score (nSPS) is 18.1. The Morgan fingerprint density at radius 2 is 1.76 bits per heavy atom. The molecule has 2 aliphatic rings. The van der Waals surface area contributed by atoms with Gasteiger partial charge in [0.1, 0.15) is 5.76 Å². The second kappa shape index (κ2) is 8.80. The number of hydrogen-bond acceptors (Lipinski definition) is 7. The molecule has 29 heavy (non-hydrogen) atoms. The van der Waals surface area contributed by atoms with Crippen molar-refractivity contribution in [2.24, 2.45) is 5.92 Å². The second-order valence-corrected chi connectivity index (χ2v) is 8.07. The fraction of sp³-hybridized carbons (Fsp3) is 0.619. The highest BCUT2D eigenvalue weighted by molar-refractivity contribution is 5.79. The number of anilines is 2. The molecule has 2 saturated heterocycles. The van der Waals surface area contributed by atoms with Crippen molar-refractivity contribution in [1.82, 2.24) is 20.4 Å². The molecule has 0 bridgehead atoms. The van der Waals surface area contributed by atoms with Gasteiger partial charge >= 0.3 is 0 Å². The van der Waals surface area contributed by atoms with E-state index in [1.54, 1.807) is 0 Å². The first-order chi connectivity index (χ1) is 14.1. The molecule has 2 aromatic rings. The molecule has 4 rings (SSSR count). The lowest BCUT2D eigenvalue weighted by atomic mass is 9.95. The lowest BCUT2D eigenvalue weighted by molar-refractivity contribution is -0.125. The van der Waals surface area contributed by atoms with E-state index in [9.17, 15) is 4.79 Å². The number of piperidine rings is 2. The zero-order chi connectivity index (χ0) is 20.2. The monoisotopic (exact) mass is 398 g/mol. The van der Waals surface area contributed by atoms with Crippen molar-refractivity contribution in [3.63, 3.8) is 0 Å². The summed E-state index contributed by atoms with van der Waals surface area (Å²) >= 11 is 0. The van der Waals surface area contributed by atoms with Gasteiger partial charge in [0.05, 0.1) is 23.8 Å². The Bertz CT molecular complexity index is 801. The predicted octanol–water partition coefficient (Wildman–Crippen LogP) is 2.60. The van der Waals surface area contributed by atoms with Crippen LogP contribution in [0.25, 0.3) is 0 Å². The summed E-state index contributed by atoms with van der Waals surface area (Å²) < 4.78 is 5.16. The number of carbonyl (C=O) groups excluding carboxylic acids is 1. The van der Waals surface area contributed by atoms with Crippen molar-refractivity contribution in [1.29, 1.82) is 0 Å². The van der Waals surface area contributed by atoms with Gasteiger partial charge in [0.25, 0.3) is 0 Å². The first-order valence-corrected chi connectivity index (χ1v) is 10.6. The van der Waals surface area contributed by atoms with Gasteiger partial charge in [0, 0.05) is 44.2 Å². The molecule has 0 aromatic carbocycles. The molecule has 0 aliphatic carbocycles. The third-order valence-corrected chi connectivity index (χ3v) is 6.11. The largest absolute Gasteiger partial charge is 0.369 e. The van der Waals surface area contributed by atoms with Crippen LogP contribution in [0.4, 0.5) is 11.6 Å². The van der Waals surface area contributed by atoms with Gasteiger partial charge in [-0.3, -0.25) is 4.79 Å². The average molecular weight is 399 g/mol. The Labute approximate surface area is 171 Å². The SMILES string of the molecule is Cc1noc(C)c1CNC(=O)C1CCN(c2cnc(N3CCCCC3)nc2)CC1. The van der Waals surface area contributed by atoms with E-state index in [-0.39, 0.29) is 11.8 Å². The van der Waals surface area contributed by atoms with Crippen LogP contribution in [0.3, 0.4) is 0 Å². The van der Waals surface area contributed by atoms with Crippen molar-refractivity contribution in [3.05, 3.63) is 29.4 Å². The number of hydrogen-bond donors (Lipinski definition) is 1. The van der Waals surface area contributed by atoms with E-state index in [0.29, 0.717) is 6.54 Å². The van der Waals surface area contributed by atoms with E-state index in [1.165, 1.54) is 19.3 Å². The number of nitrogens with zero attached hydrogens (tertiary/aromatic N) is 5. The summed E-state index contributed by atoms with van der Waals surface area (Å²) in [7, 11) is 0. The maximum absolute atomic E-state index is 12.6. The Balaban J connectivity index is 1.27. The zero-order valence-electron chi connectivity index (χ0n) is 17.4.